The van der Waals surface area contributed by atoms with Crippen LogP contribution in [-0.2, 0) is 16.0 Å². The van der Waals surface area contributed by atoms with E-state index < -0.39 is 12.0 Å². The number of carboxylic acid groups (broad SMARTS) is 1. The van der Waals surface area contributed by atoms with Crippen molar-refractivity contribution < 1.29 is 9.90 Å². The Kier molecular flexibility index (Phi) is 8.25. The summed E-state index contributed by atoms with van der Waals surface area (Å²) in [6.07, 6.45) is 1.11. The number of thioether (sulfide) groups is 1. The Morgan fingerprint density at radius 1 is 1.35 bits per heavy atom. The summed E-state index contributed by atoms with van der Waals surface area (Å²) in [6.45, 7) is 6.67. The van der Waals surface area contributed by atoms with Crippen molar-refractivity contribution in [3.8, 4) is 0 Å². The number of carboxylic acids is 1. The molecule has 3 N–H and O–H groups in total. The molecule has 1 aromatic carbocycles. The first kappa shape index (κ1) is 19.3. The molecular formula is C15H24ClNO2S. The van der Waals surface area contributed by atoms with Crippen LogP contribution < -0.4 is 5.73 Å². The second-order valence-electron chi connectivity index (χ2n) is 5.39. The number of hydrogen-bond donors (Lipinski definition) is 2. The van der Waals surface area contributed by atoms with Crippen molar-refractivity contribution in [1.82, 2.24) is 0 Å². The third-order valence-corrected chi connectivity index (χ3v) is 4.63. The van der Waals surface area contributed by atoms with Crippen molar-refractivity contribution in [2.24, 2.45) is 5.73 Å². The van der Waals surface area contributed by atoms with Gasteiger partial charge in [-0.2, -0.15) is 11.8 Å². The standard InChI is InChI=1S/C15H23NO2S.ClH/c1-4-15(2,3)12-7-5-11(6-8-12)9-19-10-13(16)14(17)18;/h5-8,13H,4,9-10,16H2,1-3H3,(H,17,18);1H/t13-;/m0./s1. The summed E-state index contributed by atoms with van der Waals surface area (Å²) in [5.74, 6) is 0.304. The van der Waals surface area contributed by atoms with Crippen LogP contribution in [-0.4, -0.2) is 22.9 Å². The fourth-order valence-electron chi connectivity index (χ4n) is 1.63. The van der Waals surface area contributed by atoms with Crippen LogP contribution in [0.2, 0.25) is 0 Å². The third-order valence-electron chi connectivity index (χ3n) is 3.50. The summed E-state index contributed by atoms with van der Waals surface area (Å²) >= 11 is 1.56. The molecule has 5 heteroatoms. The van der Waals surface area contributed by atoms with Gasteiger partial charge in [0.15, 0.2) is 0 Å². The minimum absolute atomic E-state index is 0. The lowest BCUT2D eigenvalue weighted by Crippen LogP contribution is -2.32. The predicted octanol–water partition coefficient (Wildman–Crippen LogP) is 3.44. The van der Waals surface area contributed by atoms with Gasteiger partial charge < -0.3 is 10.8 Å². The highest BCUT2D eigenvalue weighted by molar-refractivity contribution is 7.98. The molecule has 1 rings (SSSR count). The van der Waals surface area contributed by atoms with Gasteiger partial charge in [0, 0.05) is 11.5 Å². The summed E-state index contributed by atoms with van der Waals surface area (Å²) in [5, 5.41) is 8.69. The van der Waals surface area contributed by atoms with E-state index in [-0.39, 0.29) is 17.8 Å². The van der Waals surface area contributed by atoms with Crippen LogP contribution in [0.5, 0.6) is 0 Å². The summed E-state index contributed by atoms with van der Waals surface area (Å²) in [4.78, 5) is 10.6. The van der Waals surface area contributed by atoms with Crippen molar-refractivity contribution in [3.05, 3.63) is 35.4 Å². The fraction of sp³-hybridized carbons (Fsp3) is 0.533. The maximum Gasteiger partial charge on any atom is 0.321 e. The maximum atomic E-state index is 10.6. The van der Waals surface area contributed by atoms with Gasteiger partial charge >= 0.3 is 5.97 Å². The molecule has 0 spiro atoms. The highest BCUT2D eigenvalue weighted by Crippen LogP contribution is 2.27. The summed E-state index contributed by atoms with van der Waals surface area (Å²) in [6, 6.07) is 7.79. The van der Waals surface area contributed by atoms with Gasteiger partial charge in [-0.15, -0.1) is 12.4 Å². The highest BCUT2D eigenvalue weighted by Gasteiger charge is 2.17. The van der Waals surface area contributed by atoms with Crippen LogP contribution in [0.15, 0.2) is 24.3 Å². The molecule has 20 heavy (non-hydrogen) atoms. The second kappa shape index (κ2) is 8.55. The van der Waals surface area contributed by atoms with Gasteiger partial charge in [-0.1, -0.05) is 45.0 Å². The van der Waals surface area contributed by atoms with Gasteiger partial charge in [0.05, 0.1) is 0 Å². The molecule has 1 atom stereocenters. The van der Waals surface area contributed by atoms with Crippen LogP contribution in [0.25, 0.3) is 0 Å². The van der Waals surface area contributed by atoms with Gasteiger partial charge in [0.2, 0.25) is 0 Å². The van der Waals surface area contributed by atoms with Gasteiger partial charge in [0.25, 0.3) is 0 Å². The fourth-order valence-corrected chi connectivity index (χ4v) is 2.57. The predicted molar refractivity (Wildman–Crippen MR) is 88.8 cm³/mol. The first-order valence-electron chi connectivity index (χ1n) is 6.52. The Bertz CT molecular complexity index is 420. The monoisotopic (exact) mass is 317 g/mol. The van der Waals surface area contributed by atoms with E-state index in [1.807, 2.05) is 0 Å². The van der Waals surface area contributed by atoms with E-state index in [1.54, 1.807) is 11.8 Å². The van der Waals surface area contributed by atoms with Crippen molar-refractivity contribution in [1.29, 1.82) is 0 Å². The van der Waals surface area contributed by atoms with Gasteiger partial charge in [0.1, 0.15) is 6.04 Å². The number of nitrogens with two attached hydrogens (primary N) is 1. The van der Waals surface area contributed by atoms with Gasteiger partial charge in [-0.3, -0.25) is 4.79 Å². The molecular weight excluding hydrogens is 294 g/mol. The first-order chi connectivity index (χ1) is 8.86. The number of hydrogen-bond acceptors (Lipinski definition) is 3. The second-order valence-corrected chi connectivity index (χ2v) is 6.42. The Labute approximate surface area is 131 Å². The molecule has 0 aliphatic carbocycles. The average molecular weight is 318 g/mol. The summed E-state index contributed by atoms with van der Waals surface area (Å²) in [5.41, 5.74) is 8.21. The molecule has 0 unspecified atom stereocenters. The minimum Gasteiger partial charge on any atom is -0.480 e. The lowest BCUT2D eigenvalue weighted by molar-refractivity contribution is -0.137. The lowest BCUT2D eigenvalue weighted by atomic mass is 9.82. The van der Waals surface area contributed by atoms with E-state index in [0.29, 0.717) is 5.75 Å². The van der Waals surface area contributed by atoms with E-state index in [2.05, 4.69) is 45.0 Å². The molecule has 0 fully saturated rings. The average Bonchev–Trinajstić information content (AvgIpc) is 2.39. The molecule has 0 saturated heterocycles. The van der Waals surface area contributed by atoms with Crippen LogP contribution >= 0.6 is 24.2 Å². The highest BCUT2D eigenvalue weighted by atomic mass is 35.5. The largest absolute Gasteiger partial charge is 0.480 e. The Balaban J connectivity index is 0.00000361. The SMILES string of the molecule is CCC(C)(C)c1ccc(CSC[C@H](N)C(=O)O)cc1.Cl. The molecule has 1 aromatic rings. The summed E-state index contributed by atoms with van der Waals surface area (Å²) in [7, 11) is 0. The number of rotatable bonds is 7. The summed E-state index contributed by atoms with van der Waals surface area (Å²) < 4.78 is 0. The van der Waals surface area contributed by atoms with Crippen molar-refractivity contribution in [3.63, 3.8) is 0 Å². The van der Waals surface area contributed by atoms with Crippen LogP contribution in [0, 0.1) is 0 Å². The van der Waals surface area contributed by atoms with E-state index in [0.717, 1.165) is 12.2 Å². The van der Waals surface area contributed by atoms with Crippen molar-refractivity contribution >= 4 is 30.1 Å². The van der Waals surface area contributed by atoms with Crippen molar-refractivity contribution in [2.75, 3.05) is 5.75 Å². The number of aliphatic carboxylic acids is 1. The Morgan fingerprint density at radius 2 is 1.90 bits per heavy atom. The van der Waals surface area contributed by atoms with Crippen molar-refractivity contribution in [2.45, 2.75) is 44.4 Å². The Morgan fingerprint density at radius 3 is 2.35 bits per heavy atom. The molecule has 0 bridgehead atoms. The van der Waals surface area contributed by atoms with E-state index in [9.17, 15) is 4.79 Å². The maximum absolute atomic E-state index is 10.6. The molecule has 0 amide bonds. The zero-order chi connectivity index (χ0) is 14.5. The van der Waals surface area contributed by atoms with E-state index >= 15 is 0 Å². The molecule has 0 aliphatic heterocycles. The topological polar surface area (TPSA) is 63.3 Å². The smallest absolute Gasteiger partial charge is 0.321 e. The molecule has 0 heterocycles. The van der Waals surface area contributed by atoms with Crippen LogP contribution in [0.1, 0.15) is 38.3 Å². The normalized spacial score (nSPS) is 12.6. The quantitative estimate of drug-likeness (QED) is 0.808. The third kappa shape index (κ3) is 5.73. The zero-order valence-electron chi connectivity index (χ0n) is 12.3. The van der Waals surface area contributed by atoms with E-state index in [1.165, 1.54) is 11.1 Å². The molecule has 0 aromatic heterocycles. The van der Waals surface area contributed by atoms with Gasteiger partial charge in [-0.25, -0.2) is 0 Å². The van der Waals surface area contributed by atoms with E-state index in [4.69, 9.17) is 10.8 Å². The zero-order valence-corrected chi connectivity index (χ0v) is 13.9. The lowest BCUT2D eigenvalue weighted by Gasteiger charge is -2.23. The van der Waals surface area contributed by atoms with Crippen LogP contribution in [0.3, 0.4) is 0 Å². The molecule has 0 saturated carbocycles. The van der Waals surface area contributed by atoms with Crippen LogP contribution in [0.4, 0.5) is 0 Å². The van der Waals surface area contributed by atoms with Gasteiger partial charge in [-0.05, 0) is 23.0 Å². The molecule has 114 valence electrons. The Hall–Kier alpha value is -0.710. The number of halogens is 1. The molecule has 0 radical (unpaired) electrons. The molecule has 0 aliphatic rings. The molecule has 3 nitrogen and oxygen atoms in total. The first-order valence-corrected chi connectivity index (χ1v) is 7.68. The minimum atomic E-state index is -0.937. The number of carbonyl (C=O) groups is 1. The number of benzene rings is 1.